The summed E-state index contributed by atoms with van der Waals surface area (Å²) in [5.41, 5.74) is 2.64. The van der Waals surface area contributed by atoms with Gasteiger partial charge in [-0.1, -0.05) is 24.3 Å². The minimum absolute atomic E-state index is 0.0533. The summed E-state index contributed by atoms with van der Waals surface area (Å²) in [6, 6.07) is 13.9. The molecular formula is C16H15FN2O. The van der Waals surface area contributed by atoms with Crippen LogP contribution in [-0.4, -0.2) is 13.0 Å². The van der Waals surface area contributed by atoms with E-state index in [1.165, 1.54) is 12.1 Å². The molecule has 0 fully saturated rings. The number of carbonyl (C=O) groups excluding carboxylic acids is 1. The van der Waals surface area contributed by atoms with Gasteiger partial charge < -0.3 is 10.2 Å². The van der Waals surface area contributed by atoms with Crippen LogP contribution in [0.3, 0.4) is 0 Å². The number of carbonyl (C=O) groups is 1. The summed E-state index contributed by atoms with van der Waals surface area (Å²) in [5, 5.41) is 3.24. The number of halogens is 1. The van der Waals surface area contributed by atoms with Crippen molar-refractivity contribution in [3.8, 4) is 0 Å². The molecule has 3 nitrogen and oxygen atoms in total. The molecule has 4 heteroatoms. The van der Waals surface area contributed by atoms with Gasteiger partial charge in [-0.15, -0.1) is 0 Å². The molecule has 0 saturated heterocycles. The Kier molecular flexibility index (Phi) is 3.14. The second-order valence-electron chi connectivity index (χ2n) is 4.92. The minimum atomic E-state index is -0.289. The Morgan fingerprint density at radius 2 is 2.00 bits per heavy atom. The summed E-state index contributed by atoms with van der Waals surface area (Å²) in [4.78, 5) is 13.7. The number of hydrogen-bond acceptors (Lipinski definition) is 2. The number of rotatable bonds is 2. The normalized spacial score (nSPS) is 17.8. The first-order valence-electron chi connectivity index (χ1n) is 6.53. The Labute approximate surface area is 117 Å². The lowest BCUT2D eigenvalue weighted by molar-refractivity contribution is -0.118. The van der Waals surface area contributed by atoms with Crippen molar-refractivity contribution in [2.75, 3.05) is 17.3 Å². The van der Waals surface area contributed by atoms with E-state index in [4.69, 9.17) is 0 Å². The van der Waals surface area contributed by atoms with Crippen LogP contribution in [0.1, 0.15) is 18.0 Å². The predicted octanol–water partition coefficient (Wildman–Crippen LogP) is 3.35. The third-order valence-electron chi connectivity index (χ3n) is 3.59. The van der Waals surface area contributed by atoms with E-state index in [9.17, 15) is 9.18 Å². The highest BCUT2D eigenvalue weighted by Gasteiger charge is 2.28. The highest BCUT2D eigenvalue weighted by atomic mass is 19.1. The molecule has 0 spiro atoms. The van der Waals surface area contributed by atoms with E-state index >= 15 is 0 Å². The van der Waals surface area contributed by atoms with Crippen LogP contribution in [0.4, 0.5) is 15.8 Å². The van der Waals surface area contributed by atoms with Crippen molar-refractivity contribution in [3.63, 3.8) is 0 Å². The molecule has 2 aromatic carbocycles. The van der Waals surface area contributed by atoms with E-state index in [0.717, 1.165) is 11.3 Å². The molecule has 20 heavy (non-hydrogen) atoms. The van der Waals surface area contributed by atoms with Crippen LogP contribution in [0, 0.1) is 5.82 Å². The zero-order valence-electron chi connectivity index (χ0n) is 11.1. The maximum atomic E-state index is 13.2. The van der Waals surface area contributed by atoms with Gasteiger partial charge in [0.1, 0.15) is 5.82 Å². The quantitative estimate of drug-likeness (QED) is 0.907. The number of amides is 1. The monoisotopic (exact) mass is 270 g/mol. The molecule has 1 amide bonds. The maximum absolute atomic E-state index is 13.2. The van der Waals surface area contributed by atoms with Crippen molar-refractivity contribution in [1.82, 2.24) is 0 Å². The Bertz CT molecular complexity index is 656. The van der Waals surface area contributed by atoms with Crippen LogP contribution >= 0.6 is 0 Å². The molecule has 0 aromatic heterocycles. The molecule has 1 aliphatic rings. The molecule has 1 aliphatic heterocycles. The zero-order chi connectivity index (χ0) is 14.1. The number of benzene rings is 2. The third kappa shape index (κ3) is 2.25. The topological polar surface area (TPSA) is 32.3 Å². The van der Waals surface area contributed by atoms with Gasteiger partial charge in [-0.3, -0.25) is 4.79 Å². The Morgan fingerprint density at radius 1 is 1.20 bits per heavy atom. The van der Waals surface area contributed by atoms with Gasteiger partial charge in [0, 0.05) is 18.4 Å². The van der Waals surface area contributed by atoms with Gasteiger partial charge in [-0.05, 0) is 29.8 Å². The van der Waals surface area contributed by atoms with Crippen LogP contribution in [0.2, 0.25) is 0 Å². The molecule has 102 valence electrons. The molecule has 1 heterocycles. The Morgan fingerprint density at radius 3 is 2.80 bits per heavy atom. The van der Waals surface area contributed by atoms with E-state index in [1.807, 2.05) is 24.3 Å². The fraction of sp³-hybridized carbons (Fsp3) is 0.188. The van der Waals surface area contributed by atoms with E-state index in [2.05, 4.69) is 5.32 Å². The summed E-state index contributed by atoms with van der Waals surface area (Å²) in [7, 11) is 1.78. The van der Waals surface area contributed by atoms with Gasteiger partial charge in [0.15, 0.2) is 0 Å². The van der Waals surface area contributed by atoms with Crippen molar-refractivity contribution in [2.24, 2.45) is 0 Å². The van der Waals surface area contributed by atoms with Crippen LogP contribution in [0.25, 0.3) is 0 Å². The lowest BCUT2D eigenvalue weighted by Crippen LogP contribution is -2.35. The van der Waals surface area contributed by atoms with Crippen molar-refractivity contribution < 1.29 is 9.18 Å². The van der Waals surface area contributed by atoms with E-state index in [1.54, 1.807) is 24.1 Å². The summed E-state index contributed by atoms with van der Waals surface area (Å²) >= 11 is 0. The Hall–Kier alpha value is -2.36. The van der Waals surface area contributed by atoms with Crippen molar-refractivity contribution in [1.29, 1.82) is 0 Å². The van der Waals surface area contributed by atoms with Crippen molar-refractivity contribution in [2.45, 2.75) is 12.5 Å². The third-order valence-corrected chi connectivity index (χ3v) is 3.59. The molecule has 2 aromatic rings. The number of fused-ring (bicyclic) bond motifs is 1. The second-order valence-corrected chi connectivity index (χ2v) is 4.92. The largest absolute Gasteiger partial charge is 0.378 e. The number of hydrogen-bond donors (Lipinski definition) is 1. The fourth-order valence-corrected chi connectivity index (χ4v) is 2.55. The zero-order valence-corrected chi connectivity index (χ0v) is 11.1. The van der Waals surface area contributed by atoms with E-state index < -0.39 is 0 Å². The lowest BCUT2D eigenvalue weighted by Gasteiger charge is -2.32. The van der Waals surface area contributed by atoms with Crippen LogP contribution in [-0.2, 0) is 4.79 Å². The lowest BCUT2D eigenvalue weighted by atomic mass is 9.96. The standard InChI is InChI=1S/C16H15FN2O/c1-19-15-8-3-2-7-13(15)14(10-16(19)20)18-12-6-4-5-11(17)9-12/h2-9,14,18H,10H2,1H3. The first-order valence-corrected chi connectivity index (χ1v) is 6.53. The molecule has 1 atom stereocenters. The van der Waals surface area contributed by atoms with Crippen LogP contribution in [0.5, 0.6) is 0 Å². The highest BCUT2D eigenvalue weighted by molar-refractivity contribution is 5.97. The number of anilines is 2. The van der Waals surface area contributed by atoms with Gasteiger partial charge in [0.25, 0.3) is 0 Å². The summed E-state index contributed by atoms with van der Waals surface area (Å²) in [6.07, 6.45) is 0.365. The number of nitrogens with one attached hydrogen (secondary N) is 1. The van der Waals surface area contributed by atoms with Gasteiger partial charge in [0.05, 0.1) is 12.5 Å². The molecule has 1 unspecified atom stereocenters. The van der Waals surface area contributed by atoms with Crippen LogP contribution < -0.4 is 10.2 Å². The van der Waals surface area contributed by atoms with Crippen molar-refractivity contribution in [3.05, 3.63) is 59.9 Å². The van der Waals surface area contributed by atoms with Gasteiger partial charge in [-0.25, -0.2) is 4.39 Å². The number of nitrogens with zero attached hydrogens (tertiary/aromatic N) is 1. The minimum Gasteiger partial charge on any atom is -0.378 e. The first kappa shape index (κ1) is 12.7. The average Bonchev–Trinajstić information content (AvgIpc) is 2.45. The molecule has 0 bridgehead atoms. The van der Waals surface area contributed by atoms with Gasteiger partial charge in [-0.2, -0.15) is 0 Å². The molecule has 0 aliphatic carbocycles. The first-order chi connectivity index (χ1) is 9.65. The summed E-state index contributed by atoms with van der Waals surface area (Å²) in [5.74, 6) is -0.236. The smallest absolute Gasteiger partial charge is 0.229 e. The molecule has 0 radical (unpaired) electrons. The molecule has 0 saturated carbocycles. The second kappa shape index (κ2) is 4.96. The van der Waals surface area contributed by atoms with Crippen molar-refractivity contribution >= 4 is 17.3 Å². The highest BCUT2D eigenvalue weighted by Crippen LogP contribution is 2.35. The van der Waals surface area contributed by atoms with Crippen LogP contribution in [0.15, 0.2) is 48.5 Å². The van der Waals surface area contributed by atoms with Gasteiger partial charge >= 0.3 is 0 Å². The predicted molar refractivity (Wildman–Crippen MR) is 77.2 cm³/mol. The summed E-state index contributed by atoms with van der Waals surface area (Å²) in [6.45, 7) is 0. The SMILES string of the molecule is CN1C(=O)CC(Nc2cccc(F)c2)c2ccccc21. The molecule has 3 rings (SSSR count). The Balaban J connectivity index is 1.94. The maximum Gasteiger partial charge on any atom is 0.229 e. The average molecular weight is 270 g/mol. The van der Waals surface area contributed by atoms with E-state index in [0.29, 0.717) is 12.1 Å². The van der Waals surface area contributed by atoms with Gasteiger partial charge in [0.2, 0.25) is 5.91 Å². The fourth-order valence-electron chi connectivity index (χ4n) is 2.55. The number of para-hydroxylation sites is 1. The molecule has 1 N–H and O–H groups in total. The summed E-state index contributed by atoms with van der Waals surface area (Å²) < 4.78 is 13.2. The molecular weight excluding hydrogens is 255 g/mol. The van der Waals surface area contributed by atoms with E-state index in [-0.39, 0.29) is 17.8 Å².